The zero-order valence-electron chi connectivity index (χ0n) is 9.77. The van der Waals surface area contributed by atoms with E-state index in [9.17, 15) is 8.42 Å². The van der Waals surface area contributed by atoms with Gasteiger partial charge >= 0.3 is 0 Å². The molecule has 0 spiro atoms. The lowest BCUT2D eigenvalue weighted by Gasteiger charge is -2.25. The SMILES string of the molecule is CCC(C)N(CC)S(=O)(=O)c1cn[nH]c1N. The van der Waals surface area contributed by atoms with Gasteiger partial charge in [-0.1, -0.05) is 13.8 Å². The number of aromatic nitrogens is 2. The fourth-order valence-corrected chi connectivity index (χ4v) is 3.26. The molecule has 16 heavy (non-hydrogen) atoms. The van der Waals surface area contributed by atoms with Crippen LogP contribution in [0.25, 0.3) is 0 Å². The predicted molar refractivity (Wildman–Crippen MR) is 62.3 cm³/mol. The highest BCUT2D eigenvalue weighted by molar-refractivity contribution is 7.89. The number of hydrogen-bond donors (Lipinski definition) is 2. The number of rotatable bonds is 5. The number of nitrogens with two attached hydrogens (primary N) is 1. The van der Waals surface area contributed by atoms with E-state index in [2.05, 4.69) is 10.2 Å². The number of nitrogens with one attached hydrogen (secondary N) is 1. The van der Waals surface area contributed by atoms with E-state index in [0.717, 1.165) is 6.42 Å². The first kappa shape index (κ1) is 13.0. The van der Waals surface area contributed by atoms with Crippen LogP contribution in [-0.2, 0) is 10.0 Å². The Hall–Kier alpha value is -1.08. The lowest BCUT2D eigenvalue weighted by molar-refractivity contribution is 0.342. The normalized spacial score (nSPS) is 14.2. The average molecular weight is 246 g/mol. The molecule has 7 heteroatoms. The van der Waals surface area contributed by atoms with Crippen LogP contribution in [0.15, 0.2) is 11.1 Å². The third-order valence-electron chi connectivity index (χ3n) is 2.61. The highest BCUT2D eigenvalue weighted by Crippen LogP contribution is 2.22. The molecule has 0 saturated carbocycles. The van der Waals surface area contributed by atoms with Crippen molar-refractivity contribution >= 4 is 15.8 Å². The molecule has 0 aliphatic heterocycles. The molecule has 1 aromatic heterocycles. The first-order chi connectivity index (χ1) is 7.45. The fourth-order valence-electron chi connectivity index (χ4n) is 1.54. The highest BCUT2D eigenvalue weighted by atomic mass is 32.2. The van der Waals surface area contributed by atoms with E-state index in [4.69, 9.17) is 5.73 Å². The molecule has 0 aliphatic rings. The number of hydrogen-bond acceptors (Lipinski definition) is 4. The third kappa shape index (κ3) is 2.19. The van der Waals surface area contributed by atoms with Crippen LogP contribution in [0.3, 0.4) is 0 Å². The third-order valence-corrected chi connectivity index (χ3v) is 4.73. The summed E-state index contributed by atoms with van der Waals surface area (Å²) in [6.45, 7) is 6.04. The van der Waals surface area contributed by atoms with Crippen LogP contribution in [0.1, 0.15) is 27.2 Å². The summed E-state index contributed by atoms with van der Waals surface area (Å²) >= 11 is 0. The van der Waals surface area contributed by atoms with E-state index >= 15 is 0 Å². The van der Waals surface area contributed by atoms with Crippen LogP contribution in [0.5, 0.6) is 0 Å². The van der Waals surface area contributed by atoms with Gasteiger partial charge in [0.25, 0.3) is 0 Å². The molecule has 92 valence electrons. The van der Waals surface area contributed by atoms with Gasteiger partial charge in [-0.05, 0) is 13.3 Å². The number of aromatic amines is 1. The Morgan fingerprint density at radius 1 is 1.56 bits per heavy atom. The van der Waals surface area contributed by atoms with Gasteiger partial charge in [0.15, 0.2) is 0 Å². The van der Waals surface area contributed by atoms with Crippen molar-refractivity contribution in [2.75, 3.05) is 12.3 Å². The standard InChI is InChI=1S/C9H18N4O2S/c1-4-7(3)13(5-2)16(14,15)8-6-11-12-9(8)10/h6-7H,4-5H2,1-3H3,(H3,10,11,12). The van der Waals surface area contributed by atoms with Gasteiger partial charge in [0.05, 0.1) is 6.20 Å². The largest absolute Gasteiger partial charge is 0.383 e. The number of sulfonamides is 1. The maximum atomic E-state index is 12.2. The molecule has 0 fully saturated rings. The van der Waals surface area contributed by atoms with Gasteiger partial charge in [0.2, 0.25) is 10.0 Å². The van der Waals surface area contributed by atoms with Gasteiger partial charge < -0.3 is 5.73 Å². The molecule has 1 atom stereocenters. The summed E-state index contributed by atoms with van der Waals surface area (Å²) in [5.74, 6) is 0.0850. The van der Waals surface area contributed by atoms with E-state index in [-0.39, 0.29) is 16.8 Å². The molecule has 0 amide bonds. The van der Waals surface area contributed by atoms with E-state index in [1.165, 1.54) is 10.5 Å². The fraction of sp³-hybridized carbons (Fsp3) is 0.667. The van der Waals surface area contributed by atoms with Gasteiger partial charge in [0.1, 0.15) is 10.7 Å². The summed E-state index contributed by atoms with van der Waals surface area (Å²) in [5, 5.41) is 6.07. The van der Waals surface area contributed by atoms with Crippen LogP contribution in [0, 0.1) is 0 Å². The van der Waals surface area contributed by atoms with Gasteiger partial charge in [-0.15, -0.1) is 0 Å². The van der Waals surface area contributed by atoms with Gasteiger partial charge in [-0.3, -0.25) is 5.10 Å². The second-order valence-corrected chi connectivity index (χ2v) is 5.47. The number of nitrogens with zero attached hydrogens (tertiary/aromatic N) is 2. The second kappa shape index (κ2) is 4.84. The molecule has 0 aliphatic carbocycles. The highest BCUT2D eigenvalue weighted by Gasteiger charge is 2.29. The van der Waals surface area contributed by atoms with Crippen molar-refractivity contribution < 1.29 is 8.42 Å². The Labute approximate surface area is 95.9 Å². The first-order valence-corrected chi connectivity index (χ1v) is 6.69. The quantitative estimate of drug-likeness (QED) is 0.803. The Morgan fingerprint density at radius 2 is 2.19 bits per heavy atom. The minimum absolute atomic E-state index is 0.0506. The van der Waals surface area contributed by atoms with Gasteiger partial charge in [-0.25, -0.2) is 8.42 Å². The Balaban J connectivity index is 3.15. The molecule has 0 saturated heterocycles. The van der Waals surface area contributed by atoms with Crippen LogP contribution in [-0.4, -0.2) is 35.5 Å². The van der Waals surface area contributed by atoms with Crippen LogP contribution >= 0.6 is 0 Å². The number of anilines is 1. The van der Waals surface area contributed by atoms with Crippen molar-refractivity contribution in [3.8, 4) is 0 Å². The first-order valence-electron chi connectivity index (χ1n) is 5.25. The zero-order chi connectivity index (χ0) is 12.3. The van der Waals surface area contributed by atoms with Crippen LogP contribution < -0.4 is 5.73 Å². The average Bonchev–Trinajstić information content (AvgIpc) is 2.65. The minimum atomic E-state index is -3.54. The van der Waals surface area contributed by atoms with Crippen LogP contribution in [0.2, 0.25) is 0 Å². The topological polar surface area (TPSA) is 92.1 Å². The van der Waals surface area contributed by atoms with Gasteiger partial charge in [-0.2, -0.15) is 9.40 Å². The molecular weight excluding hydrogens is 228 g/mol. The molecule has 1 heterocycles. The summed E-state index contributed by atoms with van der Waals surface area (Å²) in [4.78, 5) is 0.0506. The smallest absolute Gasteiger partial charge is 0.248 e. The molecule has 1 rings (SSSR count). The summed E-state index contributed by atoms with van der Waals surface area (Å²) in [6.07, 6.45) is 2.00. The van der Waals surface area contributed by atoms with E-state index in [1.54, 1.807) is 6.92 Å². The number of nitrogen functional groups attached to an aromatic ring is 1. The van der Waals surface area contributed by atoms with Crippen molar-refractivity contribution in [2.45, 2.75) is 38.1 Å². The maximum absolute atomic E-state index is 12.2. The summed E-state index contributed by atoms with van der Waals surface area (Å²) in [6, 6.07) is -0.0516. The van der Waals surface area contributed by atoms with E-state index < -0.39 is 10.0 Å². The predicted octanol–water partition coefficient (Wildman–Crippen LogP) is 0.801. The van der Waals surface area contributed by atoms with Crippen molar-refractivity contribution in [1.82, 2.24) is 14.5 Å². The Bertz CT molecular complexity index is 440. The maximum Gasteiger partial charge on any atom is 0.248 e. The Kier molecular flexibility index (Phi) is 3.93. The summed E-state index contributed by atoms with van der Waals surface area (Å²) in [7, 11) is -3.54. The molecule has 1 aromatic rings. The molecule has 1 unspecified atom stereocenters. The van der Waals surface area contributed by atoms with Crippen molar-refractivity contribution in [3.05, 3.63) is 6.20 Å². The lowest BCUT2D eigenvalue weighted by Crippen LogP contribution is -2.38. The van der Waals surface area contributed by atoms with Crippen molar-refractivity contribution in [1.29, 1.82) is 0 Å². The zero-order valence-corrected chi connectivity index (χ0v) is 10.6. The molecular formula is C9H18N4O2S. The monoisotopic (exact) mass is 246 g/mol. The molecule has 3 N–H and O–H groups in total. The molecule has 0 aromatic carbocycles. The summed E-state index contributed by atoms with van der Waals surface area (Å²) in [5.41, 5.74) is 5.54. The molecule has 0 bridgehead atoms. The minimum Gasteiger partial charge on any atom is -0.383 e. The van der Waals surface area contributed by atoms with Crippen molar-refractivity contribution in [3.63, 3.8) is 0 Å². The van der Waals surface area contributed by atoms with E-state index in [1.807, 2.05) is 13.8 Å². The van der Waals surface area contributed by atoms with Crippen molar-refractivity contribution in [2.24, 2.45) is 0 Å². The second-order valence-electron chi connectivity index (χ2n) is 3.61. The summed E-state index contributed by atoms with van der Waals surface area (Å²) < 4.78 is 25.9. The molecule has 0 radical (unpaired) electrons. The number of H-pyrrole nitrogens is 1. The van der Waals surface area contributed by atoms with E-state index in [0.29, 0.717) is 6.54 Å². The lowest BCUT2D eigenvalue weighted by atomic mass is 10.3. The van der Waals surface area contributed by atoms with Crippen LogP contribution in [0.4, 0.5) is 5.82 Å². The molecule has 6 nitrogen and oxygen atoms in total. The van der Waals surface area contributed by atoms with Gasteiger partial charge in [0, 0.05) is 12.6 Å². The Morgan fingerprint density at radius 3 is 2.56 bits per heavy atom.